The number of aldehydes is 1. The fourth-order valence-electron chi connectivity index (χ4n) is 2.46. The summed E-state index contributed by atoms with van der Waals surface area (Å²) < 4.78 is 0. The number of hydrogen-bond acceptors (Lipinski definition) is 3. The molecule has 1 aromatic carbocycles. The number of carbonyl (C=O) groups excluding carboxylic acids is 1. The van der Waals surface area contributed by atoms with E-state index in [0.717, 1.165) is 23.6 Å². The maximum atomic E-state index is 10.6. The lowest BCUT2D eigenvalue weighted by atomic mass is 10.0. The van der Waals surface area contributed by atoms with Crippen molar-refractivity contribution < 1.29 is 4.79 Å². The quantitative estimate of drug-likeness (QED) is 0.599. The highest BCUT2D eigenvalue weighted by atomic mass is 32.2. The van der Waals surface area contributed by atoms with E-state index in [1.165, 1.54) is 37.1 Å². The van der Waals surface area contributed by atoms with Crippen molar-refractivity contribution in [2.45, 2.75) is 36.6 Å². The number of carbonyl (C=O) groups is 1. The molecule has 2 nitrogen and oxygen atoms in total. The van der Waals surface area contributed by atoms with E-state index in [0.29, 0.717) is 0 Å². The van der Waals surface area contributed by atoms with E-state index >= 15 is 0 Å². The van der Waals surface area contributed by atoms with Gasteiger partial charge in [0.05, 0.1) is 0 Å². The van der Waals surface area contributed by atoms with Gasteiger partial charge in [0.15, 0.2) is 0 Å². The van der Waals surface area contributed by atoms with Crippen molar-refractivity contribution in [1.29, 1.82) is 0 Å². The van der Waals surface area contributed by atoms with Crippen LogP contribution < -0.4 is 0 Å². The lowest BCUT2D eigenvalue weighted by molar-refractivity contribution is 0.112. The fraction of sp³-hybridized carbons (Fsp3) is 0.533. The zero-order valence-corrected chi connectivity index (χ0v) is 11.8. The average Bonchev–Trinajstić information content (AvgIpc) is 2.42. The van der Waals surface area contributed by atoms with Crippen molar-refractivity contribution in [3.8, 4) is 0 Å². The van der Waals surface area contributed by atoms with E-state index in [-0.39, 0.29) is 0 Å². The molecular weight excluding hydrogens is 242 g/mol. The van der Waals surface area contributed by atoms with Crippen molar-refractivity contribution in [3.05, 3.63) is 29.8 Å². The van der Waals surface area contributed by atoms with Crippen LogP contribution >= 0.6 is 11.8 Å². The van der Waals surface area contributed by atoms with Crippen LogP contribution in [-0.2, 0) is 0 Å². The first-order chi connectivity index (χ1) is 8.79. The van der Waals surface area contributed by atoms with Crippen molar-refractivity contribution in [2.75, 3.05) is 19.3 Å². The second kappa shape index (κ2) is 6.95. The molecule has 1 atom stereocenters. The minimum Gasteiger partial charge on any atom is -0.303 e. The second-order valence-corrected chi connectivity index (χ2v) is 6.12. The van der Waals surface area contributed by atoms with E-state index in [1.54, 1.807) is 0 Å². The van der Waals surface area contributed by atoms with E-state index in [9.17, 15) is 4.79 Å². The molecule has 0 amide bonds. The molecule has 0 aromatic heterocycles. The molecule has 0 bridgehead atoms. The number of likely N-dealkylation sites (tertiary alicyclic amines) is 1. The molecule has 1 aliphatic heterocycles. The first-order valence-electron chi connectivity index (χ1n) is 6.68. The van der Waals surface area contributed by atoms with Gasteiger partial charge in [0.25, 0.3) is 0 Å². The van der Waals surface area contributed by atoms with Crippen LogP contribution in [-0.4, -0.2) is 36.6 Å². The smallest absolute Gasteiger partial charge is 0.150 e. The predicted molar refractivity (Wildman–Crippen MR) is 77.4 cm³/mol. The van der Waals surface area contributed by atoms with Crippen LogP contribution in [0.4, 0.5) is 0 Å². The number of benzene rings is 1. The van der Waals surface area contributed by atoms with Gasteiger partial charge in [-0.15, -0.1) is 11.8 Å². The molecule has 98 valence electrons. The minimum atomic E-state index is 0.756. The molecule has 2 rings (SSSR count). The number of nitrogens with zero attached hydrogens (tertiary/aromatic N) is 1. The summed E-state index contributed by atoms with van der Waals surface area (Å²) in [7, 11) is 2.24. The molecule has 1 fully saturated rings. The van der Waals surface area contributed by atoms with Crippen molar-refractivity contribution in [3.63, 3.8) is 0 Å². The summed E-state index contributed by atoms with van der Waals surface area (Å²) in [6.07, 6.45) is 6.24. The lowest BCUT2D eigenvalue weighted by Gasteiger charge is -2.32. The molecule has 0 aliphatic carbocycles. The summed E-state index contributed by atoms with van der Waals surface area (Å²) in [6, 6.07) is 8.63. The molecule has 0 spiro atoms. The number of rotatable bonds is 5. The maximum absolute atomic E-state index is 10.6. The van der Waals surface area contributed by atoms with Crippen LogP contribution in [0.25, 0.3) is 0 Å². The normalized spacial score (nSPS) is 20.8. The van der Waals surface area contributed by atoms with Gasteiger partial charge in [-0.3, -0.25) is 4.79 Å². The molecule has 1 unspecified atom stereocenters. The number of piperidine rings is 1. The predicted octanol–water partition coefficient (Wildman–Crippen LogP) is 3.47. The Kier molecular flexibility index (Phi) is 5.26. The molecule has 18 heavy (non-hydrogen) atoms. The highest BCUT2D eigenvalue weighted by Gasteiger charge is 2.17. The van der Waals surface area contributed by atoms with Crippen molar-refractivity contribution in [1.82, 2.24) is 4.90 Å². The number of hydrogen-bond donors (Lipinski definition) is 0. The zero-order valence-electron chi connectivity index (χ0n) is 11.0. The Balaban J connectivity index is 1.75. The van der Waals surface area contributed by atoms with E-state index < -0.39 is 0 Å². The van der Waals surface area contributed by atoms with Gasteiger partial charge in [-0.1, -0.05) is 18.6 Å². The third-order valence-corrected chi connectivity index (χ3v) is 4.70. The molecule has 1 aromatic rings. The van der Waals surface area contributed by atoms with Gasteiger partial charge >= 0.3 is 0 Å². The highest BCUT2D eigenvalue weighted by molar-refractivity contribution is 7.99. The summed E-state index contributed by atoms with van der Waals surface area (Å²) in [6.45, 7) is 1.25. The Hall–Kier alpha value is -0.800. The van der Waals surface area contributed by atoms with Crippen LogP contribution in [0.5, 0.6) is 0 Å². The largest absolute Gasteiger partial charge is 0.303 e. The molecule has 3 heteroatoms. The van der Waals surface area contributed by atoms with Crippen LogP contribution in [0.3, 0.4) is 0 Å². The van der Waals surface area contributed by atoms with Gasteiger partial charge in [0, 0.05) is 16.5 Å². The average molecular weight is 263 g/mol. The van der Waals surface area contributed by atoms with Gasteiger partial charge < -0.3 is 4.90 Å². The molecule has 0 radical (unpaired) electrons. The Labute approximate surface area is 114 Å². The molecule has 0 saturated carbocycles. The van der Waals surface area contributed by atoms with Gasteiger partial charge in [-0.25, -0.2) is 0 Å². The van der Waals surface area contributed by atoms with E-state index in [2.05, 4.69) is 11.9 Å². The van der Waals surface area contributed by atoms with E-state index in [4.69, 9.17) is 0 Å². The van der Waals surface area contributed by atoms with Crippen LogP contribution in [0.15, 0.2) is 29.2 Å². The second-order valence-electron chi connectivity index (χ2n) is 4.95. The molecular formula is C15H21NOS. The van der Waals surface area contributed by atoms with Gasteiger partial charge in [-0.2, -0.15) is 0 Å². The summed E-state index contributed by atoms with van der Waals surface area (Å²) in [5, 5.41) is 0. The Morgan fingerprint density at radius 2 is 2.11 bits per heavy atom. The summed E-state index contributed by atoms with van der Waals surface area (Å²) in [5.41, 5.74) is 0.756. The van der Waals surface area contributed by atoms with Crippen LogP contribution in [0, 0.1) is 0 Å². The van der Waals surface area contributed by atoms with Gasteiger partial charge in [-0.05, 0) is 50.7 Å². The third-order valence-electron chi connectivity index (χ3n) is 3.66. The Morgan fingerprint density at radius 3 is 2.78 bits per heavy atom. The Bertz CT molecular complexity index is 377. The lowest BCUT2D eigenvalue weighted by Crippen LogP contribution is -2.36. The maximum Gasteiger partial charge on any atom is 0.150 e. The minimum absolute atomic E-state index is 0.756. The molecule has 1 heterocycles. The van der Waals surface area contributed by atoms with Crippen LogP contribution in [0.2, 0.25) is 0 Å². The SMILES string of the molecule is CN1CCCCC1CCSc1ccc(C=O)cc1. The third kappa shape index (κ3) is 3.85. The summed E-state index contributed by atoms with van der Waals surface area (Å²) in [4.78, 5) is 14.3. The first kappa shape index (κ1) is 13.6. The van der Waals surface area contributed by atoms with Gasteiger partial charge in [0.1, 0.15) is 6.29 Å². The van der Waals surface area contributed by atoms with Gasteiger partial charge in [0.2, 0.25) is 0 Å². The fourth-order valence-corrected chi connectivity index (χ4v) is 3.42. The zero-order chi connectivity index (χ0) is 12.8. The highest BCUT2D eigenvalue weighted by Crippen LogP contribution is 2.23. The topological polar surface area (TPSA) is 20.3 Å². The van der Waals surface area contributed by atoms with E-state index in [1.807, 2.05) is 36.0 Å². The van der Waals surface area contributed by atoms with Crippen molar-refractivity contribution in [2.24, 2.45) is 0 Å². The monoisotopic (exact) mass is 263 g/mol. The van der Waals surface area contributed by atoms with Crippen molar-refractivity contribution >= 4 is 18.0 Å². The molecule has 1 aliphatic rings. The summed E-state index contributed by atoms with van der Waals surface area (Å²) >= 11 is 1.89. The molecule has 0 N–H and O–H groups in total. The Morgan fingerprint density at radius 1 is 1.33 bits per heavy atom. The first-order valence-corrected chi connectivity index (χ1v) is 7.66. The van der Waals surface area contributed by atoms with Crippen LogP contribution in [0.1, 0.15) is 36.0 Å². The standard InChI is InChI=1S/C15H21NOS/c1-16-10-3-2-4-14(16)9-11-18-15-7-5-13(12-17)6-8-15/h5-8,12,14H,2-4,9-11H2,1H3. The number of thioether (sulfide) groups is 1. The summed E-state index contributed by atoms with van der Waals surface area (Å²) in [5.74, 6) is 1.16. The molecule has 1 saturated heterocycles.